The summed E-state index contributed by atoms with van der Waals surface area (Å²) >= 11 is 0. The summed E-state index contributed by atoms with van der Waals surface area (Å²) in [7, 11) is 0. The van der Waals surface area contributed by atoms with Gasteiger partial charge in [-0.25, -0.2) is 9.66 Å². The number of amides is 1. The smallest absolute Gasteiger partial charge is 0.280 e. The van der Waals surface area contributed by atoms with E-state index in [0.29, 0.717) is 47.2 Å². The van der Waals surface area contributed by atoms with Crippen LogP contribution in [-0.2, 0) is 4.79 Å². The van der Waals surface area contributed by atoms with Crippen molar-refractivity contribution in [2.75, 3.05) is 18.6 Å². The summed E-state index contributed by atoms with van der Waals surface area (Å²) in [6, 6.07) is 7.20. The third kappa shape index (κ3) is 2.94. The van der Waals surface area contributed by atoms with Gasteiger partial charge in [0.15, 0.2) is 17.3 Å². The third-order valence-corrected chi connectivity index (χ3v) is 4.52. The Morgan fingerprint density at radius 1 is 1.17 bits per heavy atom. The lowest BCUT2D eigenvalue weighted by atomic mass is 10.2. The predicted octanol–water partition coefficient (Wildman–Crippen LogP) is 1.36. The van der Waals surface area contributed by atoms with E-state index in [4.69, 9.17) is 9.47 Å². The van der Waals surface area contributed by atoms with Crippen LogP contribution >= 0.6 is 0 Å². The van der Waals surface area contributed by atoms with Gasteiger partial charge in [0.2, 0.25) is 5.91 Å². The first-order valence-electron chi connectivity index (χ1n) is 9.05. The Morgan fingerprint density at radius 3 is 2.83 bits per heavy atom. The molecule has 29 heavy (non-hydrogen) atoms. The first kappa shape index (κ1) is 17.2. The van der Waals surface area contributed by atoms with E-state index in [1.807, 2.05) is 18.2 Å². The first-order chi connectivity index (χ1) is 14.1. The number of nitrogens with one attached hydrogen (secondary N) is 1. The zero-order chi connectivity index (χ0) is 20.0. The maximum Gasteiger partial charge on any atom is 0.280 e. The monoisotopic (exact) mass is 392 g/mol. The standard InChI is InChI=1S/C19H16N6O4/c1-11(26)22-24-6-5-14-13(18(24)27)10-20-19-21-17(23-25(14)19)12-3-4-15-16(9-12)29-8-2-7-28-15/h3-6,9-10H,2,7-8H2,1H3,(H,22,26). The van der Waals surface area contributed by atoms with Crippen LogP contribution < -0.4 is 20.5 Å². The van der Waals surface area contributed by atoms with Crippen LogP contribution in [0.1, 0.15) is 13.3 Å². The summed E-state index contributed by atoms with van der Waals surface area (Å²) in [5.74, 6) is 1.80. The first-order valence-corrected chi connectivity index (χ1v) is 9.05. The number of fused-ring (bicyclic) bond motifs is 4. The molecule has 4 heterocycles. The van der Waals surface area contributed by atoms with E-state index in [1.165, 1.54) is 23.8 Å². The largest absolute Gasteiger partial charge is 0.490 e. The highest BCUT2D eigenvalue weighted by Crippen LogP contribution is 2.33. The molecule has 1 aliphatic rings. The van der Waals surface area contributed by atoms with Crippen molar-refractivity contribution in [3.63, 3.8) is 0 Å². The molecule has 3 aromatic heterocycles. The minimum Gasteiger partial charge on any atom is -0.490 e. The molecule has 0 unspecified atom stereocenters. The summed E-state index contributed by atoms with van der Waals surface area (Å²) < 4.78 is 14.0. The number of ether oxygens (including phenoxy) is 2. The maximum absolute atomic E-state index is 12.6. The Hall–Kier alpha value is -3.95. The SMILES string of the molecule is CC(=O)Nn1ccc2c(cnc3nc(-c4ccc5c(c4)OCCCO5)nn32)c1=O. The van der Waals surface area contributed by atoms with Crippen LogP contribution in [0.5, 0.6) is 11.5 Å². The molecule has 0 bridgehead atoms. The number of rotatable bonds is 2. The van der Waals surface area contributed by atoms with E-state index in [-0.39, 0.29) is 5.91 Å². The van der Waals surface area contributed by atoms with Crippen molar-refractivity contribution in [2.45, 2.75) is 13.3 Å². The molecule has 10 nitrogen and oxygen atoms in total. The van der Waals surface area contributed by atoms with Gasteiger partial charge in [0.25, 0.3) is 11.3 Å². The van der Waals surface area contributed by atoms with E-state index in [2.05, 4.69) is 20.5 Å². The highest BCUT2D eigenvalue weighted by molar-refractivity contribution is 5.83. The molecule has 1 amide bonds. The van der Waals surface area contributed by atoms with Crippen molar-refractivity contribution < 1.29 is 14.3 Å². The van der Waals surface area contributed by atoms with Crippen LogP contribution in [0, 0.1) is 0 Å². The minimum absolute atomic E-state index is 0.309. The quantitative estimate of drug-likeness (QED) is 0.548. The number of carbonyl (C=O) groups is 1. The Bertz CT molecular complexity index is 1330. The van der Waals surface area contributed by atoms with Crippen LogP contribution in [0.3, 0.4) is 0 Å². The molecule has 146 valence electrons. The van der Waals surface area contributed by atoms with E-state index < -0.39 is 5.56 Å². The molecule has 0 spiro atoms. The fourth-order valence-corrected chi connectivity index (χ4v) is 3.20. The summed E-state index contributed by atoms with van der Waals surface area (Å²) in [6.07, 6.45) is 3.72. The fraction of sp³-hybridized carbons (Fsp3) is 0.211. The van der Waals surface area contributed by atoms with E-state index >= 15 is 0 Å². The highest BCUT2D eigenvalue weighted by atomic mass is 16.5. The number of carbonyl (C=O) groups excluding carboxylic acids is 1. The molecule has 0 atom stereocenters. The van der Waals surface area contributed by atoms with Gasteiger partial charge in [-0.3, -0.25) is 15.0 Å². The summed E-state index contributed by atoms with van der Waals surface area (Å²) in [4.78, 5) is 32.6. The summed E-state index contributed by atoms with van der Waals surface area (Å²) in [5, 5.41) is 4.84. The van der Waals surface area contributed by atoms with Gasteiger partial charge in [0, 0.05) is 31.3 Å². The van der Waals surface area contributed by atoms with Gasteiger partial charge < -0.3 is 9.47 Å². The van der Waals surface area contributed by atoms with Gasteiger partial charge in [0.05, 0.1) is 24.1 Å². The zero-order valence-corrected chi connectivity index (χ0v) is 15.5. The molecule has 1 aliphatic heterocycles. The van der Waals surface area contributed by atoms with Gasteiger partial charge in [-0.15, -0.1) is 5.10 Å². The lowest BCUT2D eigenvalue weighted by Gasteiger charge is -2.07. The number of hydrogen-bond donors (Lipinski definition) is 1. The topological polar surface area (TPSA) is 113 Å². The summed E-state index contributed by atoms with van der Waals surface area (Å²) in [5.41, 5.74) is 3.33. The van der Waals surface area contributed by atoms with Gasteiger partial charge in [-0.05, 0) is 24.3 Å². The molecule has 1 aromatic carbocycles. The second-order valence-electron chi connectivity index (χ2n) is 6.58. The number of pyridine rings is 1. The predicted molar refractivity (Wildman–Crippen MR) is 104 cm³/mol. The molecule has 0 fully saturated rings. The van der Waals surface area contributed by atoms with Crippen LogP contribution in [-0.4, -0.2) is 43.4 Å². The molecule has 1 N–H and O–H groups in total. The van der Waals surface area contributed by atoms with E-state index in [9.17, 15) is 9.59 Å². The Balaban J connectivity index is 1.63. The van der Waals surface area contributed by atoms with Crippen molar-refractivity contribution in [3.05, 3.63) is 47.0 Å². The number of hydrogen-bond acceptors (Lipinski definition) is 7. The Kier molecular flexibility index (Phi) is 3.90. The van der Waals surface area contributed by atoms with E-state index in [0.717, 1.165) is 16.7 Å². The van der Waals surface area contributed by atoms with Crippen LogP contribution in [0.25, 0.3) is 28.1 Å². The second-order valence-corrected chi connectivity index (χ2v) is 6.58. The van der Waals surface area contributed by atoms with Crippen molar-refractivity contribution in [2.24, 2.45) is 0 Å². The van der Waals surface area contributed by atoms with Gasteiger partial charge in [-0.2, -0.15) is 9.50 Å². The normalized spacial score (nSPS) is 13.4. The maximum atomic E-state index is 12.6. The Labute approximate surface area is 163 Å². The van der Waals surface area contributed by atoms with Gasteiger partial charge in [-0.1, -0.05) is 0 Å². The van der Waals surface area contributed by atoms with Crippen LogP contribution in [0.2, 0.25) is 0 Å². The molecule has 0 radical (unpaired) electrons. The van der Waals surface area contributed by atoms with Crippen molar-refractivity contribution in [1.82, 2.24) is 24.3 Å². The molecule has 4 aromatic rings. The molecule has 10 heteroatoms. The lowest BCUT2D eigenvalue weighted by Crippen LogP contribution is -2.31. The van der Waals surface area contributed by atoms with Gasteiger partial charge in [0.1, 0.15) is 0 Å². The lowest BCUT2D eigenvalue weighted by molar-refractivity contribution is -0.115. The molecule has 5 rings (SSSR count). The van der Waals surface area contributed by atoms with Crippen molar-refractivity contribution in [1.29, 1.82) is 0 Å². The third-order valence-electron chi connectivity index (χ3n) is 4.52. The second kappa shape index (κ2) is 6.59. The Morgan fingerprint density at radius 2 is 2.00 bits per heavy atom. The van der Waals surface area contributed by atoms with Crippen molar-refractivity contribution in [3.8, 4) is 22.9 Å². The highest BCUT2D eigenvalue weighted by Gasteiger charge is 2.16. The molecule has 0 saturated heterocycles. The molecule has 0 saturated carbocycles. The van der Waals surface area contributed by atoms with Gasteiger partial charge >= 0.3 is 0 Å². The van der Waals surface area contributed by atoms with Crippen LogP contribution in [0.15, 0.2) is 41.5 Å². The van der Waals surface area contributed by atoms with Crippen molar-refractivity contribution >= 4 is 22.6 Å². The molecule has 0 aliphatic carbocycles. The number of benzene rings is 1. The molecular formula is C19H16N6O4. The fourth-order valence-electron chi connectivity index (χ4n) is 3.20. The number of nitrogens with zero attached hydrogens (tertiary/aromatic N) is 5. The average Bonchev–Trinajstić information content (AvgIpc) is 3.01. The van der Waals surface area contributed by atoms with E-state index in [1.54, 1.807) is 6.07 Å². The van der Waals surface area contributed by atoms with Crippen LogP contribution in [0.4, 0.5) is 0 Å². The minimum atomic E-state index is -0.403. The summed E-state index contributed by atoms with van der Waals surface area (Å²) in [6.45, 7) is 2.53. The number of aromatic nitrogens is 5. The average molecular weight is 392 g/mol. The zero-order valence-electron chi connectivity index (χ0n) is 15.5. The molecular weight excluding hydrogens is 376 g/mol.